The molecule has 0 radical (unpaired) electrons. The Morgan fingerprint density at radius 2 is 2.35 bits per heavy atom. The normalized spacial score (nSPS) is 34.9. The van der Waals surface area contributed by atoms with E-state index in [0.29, 0.717) is 13.1 Å². The number of amides is 2. The third kappa shape index (κ3) is 2.62. The van der Waals surface area contributed by atoms with Crippen LogP contribution in [0.5, 0.6) is 0 Å². The summed E-state index contributed by atoms with van der Waals surface area (Å²) in [7, 11) is -2.94. The second-order valence-corrected chi connectivity index (χ2v) is 9.66. The molecule has 2 fully saturated rings. The number of aromatic nitrogens is 2. The molecule has 2 amide bonds. The molecule has 0 saturated carbocycles. The third-order valence-electron chi connectivity index (χ3n) is 5.61. The lowest BCUT2D eigenvalue weighted by atomic mass is 9.84. The molecule has 2 saturated heterocycles. The highest BCUT2D eigenvalue weighted by atomic mass is 32.2. The predicted molar refractivity (Wildman–Crippen MR) is 84.8 cm³/mol. The van der Waals surface area contributed by atoms with Crippen LogP contribution in [0.3, 0.4) is 0 Å². The van der Waals surface area contributed by atoms with E-state index in [2.05, 4.69) is 15.5 Å². The van der Waals surface area contributed by atoms with Crippen LogP contribution in [0, 0.1) is 11.3 Å². The van der Waals surface area contributed by atoms with Crippen LogP contribution in [0.25, 0.3) is 0 Å². The number of aromatic amines is 1. The van der Waals surface area contributed by atoms with E-state index in [1.807, 2.05) is 13.1 Å². The van der Waals surface area contributed by atoms with E-state index in [-0.39, 0.29) is 34.9 Å². The van der Waals surface area contributed by atoms with Gasteiger partial charge in [0.15, 0.2) is 9.84 Å². The molecule has 8 heteroatoms. The second kappa shape index (κ2) is 4.96. The van der Waals surface area contributed by atoms with Crippen LogP contribution >= 0.6 is 0 Å². The lowest BCUT2D eigenvalue weighted by Crippen LogP contribution is -2.46. The molecule has 2 N–H and O–H groups in total. The van der Waals surface area contributed by atoms with E-state index < -0.39 is 9.84 Å². The van der Waals surface area contributed by atoms with Gasteiger partial charge < -0.3 is 10.2 Å². The maximum Gasteiger partial charge on any atom is 0.317 e. The molecule has 1 unspecified atom stereocenters. The average Bonchev–Trinajstić information content (AvgIpc) is 3.07. The Labute approximate surface area is 135 Å². The van der Waals surface area contributed by atoms with Crippen molar-refractivity contribution in [1.82, 2.24) is 20.4 Å². The van der Waals surface area contributed by atoms with E-state index in [1.54, 1.807) is 4.90 Å². The zero-order valence-electron chi connectivity index (χ0n) is 13.2. The Morgan fingerprint density at radius 1 is 1.52 bits per heavy atom. The Hall–Kier alpha value is -1.57. The maximum absolute atomic E-state index is 12.5. The number of nitrogens with one attached hydrogen (secondary N) is 2. The van der Waals surface area contributed by atoms with Crippen molar-refractivity contribution in [2.45, 2.75) is 32.2 Å². The van der Waals surface area contributed by atoms with Crippen molar-refractivity contribution in [2.24, 2.45) is 11.3 Å². The van der Waals surface area contributed by atoms with Crippen LogP contribution in [-0.4, -0.2) is 60.2 Å². The highest BCUT2D eigenvalue weighted by Gasteiger charge is 2.53. The fourth-order valence-corrected chi connectivity index (χ4v) is 6.93. The van der Waals surface area contributed by atoms with E-state index in [4.69, 9.17) is 0 Å². The largest absolute Gasteiger partial charge is 0.335 e. The van der Waals surface area contributed by atoms with Gasteiger partial charge in [0.05, 0.1) is 17.7 Å². The number of carbonyl (C=O) groups is 1. The molecule has 3 heterocycles. The minimum atomic E-state index is -2.94. The molecule has 3 atom stereocenters. The van der Waals surface area contributed by atoms with Gasteiger partial charge in [-0.2, -0.15) is 5.10 Å². The first-order valence-corrected chi connectivity index (χ1v) is 9.94. The molecule has 2 aliphatic heterocycles. The van der Waals surface area contributed by atoms with Crippen molar-refractivity contribution < 1.29 is 13.2 Å². The highest BCUT2D eigenvalue weighted by molar-refractivity contribution is 7.91. The Bertz CT molecular complexity index is 744. The first-order valence-electron chi connectivity index (χ1n) is 8.12. The van der Waals surface area contributed by atoms with Crippen LogP contribution in [0.15, 0.2) is 6.20 Å². The summed E-state index contributed by atoms with van der Waals surface area (Å²) >= 11 is 0. The van der Waals surface area contributed by atoms with Gasteiger partial charge >= 0.3 is 6.03 Å². The molecule has 3 aliphatic rings. The fourth-order valence-electron chi connectivity index (χ4n) is 4.36. The molecule has 126 valence electrons. The van der Waals surface area contributed by atoms with Crippen molar-refractivity contribution in [3.8, 4) is 0 Å². The number of likely N-dealkylation sites (tertiary alicyclic amines) is 1. The van der Waals surface area contributed by atoms with Gasteiger partial charge in [0.25, 0.3) is 0 Å². The molecule has 23 heavy (non-hydrogen) atoms. The summed E-state index contributed by atoms with van der Waals surface area (Å²) in [5, 5.41) is 10.2. The first kappa shape index (κ1) is 15.0. The van der Waals surface area contributed by atoms with Gasteiger partial charge in [0.1, 0.15) is 0 Å². The van der Waals surface area contributed by atoms with Crippen molar-refractivity contribution in [2.75, 3.05) is 24.6 Å². The number of rotatable bonds is 1. The van der Waals surface area contributed by atoms with Crippen molar-refractivity contribution >= 4 is 15.9 Å². The highest BCUT2D eigenvalue weighted by Crippen LogP contribution is 2.43. The number of H-pyrrole nitrogens is 1. The van der Waals surface area contributed by atoms with Gasteiger partial charge in [-0.05, 0) is 30.7 Å². The van der Waals surface area contributed by atoms with Crippen molar-refractivity contribution in [3.05, 3.63) is 17.5 Å². The Balaban J connectivity index is 1.38. The summed E-state index contributed by atoms with van der Waals surface area (Å²) in [6, 6.07) is 0.0690. The lowest BCUT2D eigenvalue weighted by molar-refractivity contribution is 0.198. The summed E-state index contributed by atoms with van der Waals surface area (Å²) in [5.41, 5.74) is 2.07. The van der Waals surface area contributed by atoms with Gasteiger partial charge in [-0.25, -0.2) is 13.2 Å². The average molecular weight is 338 g/mol. The third-order valence-corrected chi connectivity index (χ3v) is 7.62. The topological polar surface area (TPSA) is 95.2 Å². The van der Waals surface area contributed by atoms with Crippen LogP contribution in [0.2, 0.25) is 0 Å². The maximum atomic E-state index is 12.5. The van der Waals surface area contributed by atoms with Gasteiger partial charge in [-0.1, -0.05) is 6.92 Å². The number of fused-ring (bicyclic) bond motifs is 2. The molecule has 0 bridgehead atoms. The molecule has 4 rings (SSSR count). The monoisotopic (exact) mass is 338 g/mol. The second-order valence-electron chi connectivity index (χ2n) is 7.55. The predicted octanol–water partition coefficient (Wildman–Crippen LogP) is 0.343. The first-order chi connectivity index (χ1) is 10.8. The Morgan fingerprint density at radius 3 is 3.13 bits per heavy atom. The molecule has 1 aromatic heterocycles. The van der Waals surface area contributed by atoms with E-state index in [0.717, 1.165) is 19.3 Å². The number of nitrogens with zero attached hydrogens (tertiary/aromatic N) is 2. The van der Waals surface area contributed by atoms with Crippen LogP contribution in [0.4, 0.5) is 4.79 Å². The fraction of sp³-hybridized carbons (Fsp3) is 0.733. The van der Waals surface area contributed by atoms with Gasteiger partial charge in [0, 0.05) is 30.2 Å². The molecule has 1 aliphatic carbocycles. The molecule has 1 aromatic rings. The minimum absolute atomic E-state index is 0.0602. The van der Waals surface area contributed by atoms with Crippen LogP contribution < -0.4 is 5.32 Å². The number of carbonyl (C=O) groups excluding carboxylic acids is 1. The zero-order valence-corrected chi connectivity index (χ0v) is 14.0. The quantitative estimate of drug-likeness (QED) is 0.772. The van der Waals surface area contributed by atoms with Crippen molar-refractivity contribution in [3.63, 3.8) is 0 Å². The number of hydrogen-bond acceptors (Lipinski definition) is 4. The van der Waals surface area contributed by atoms with Gasteiger partial charge in [0.2, 0.25) is 0 Å². The zero-order chi connectivity index (χ0) is 16.2. The van der Waals surface area contributed by atoms with E-state index in [1.165, 1.54) is 11.3 Å². The molecule has 7 nitrogen and oxygen atoms in total. The van der Waals surface area contributed by atoms with Crippen LogP contribution in [0.1, 0.15) is 24.6 Å². The van der Waals surface area contributed by atoms with Gasteiger partial charge in [-0.3, -0.25) is 5.10 Å². The van der Waals surface area contributed by atoms with E-state index >= 15 is 0 Å². The van der Waals surface area contributed by atoms with Crippen LogP contribution in [-0.2, 0) is 22.7 Å². The number of sulfone groups is 1. The number of hydrogen-bond donors (Lipinski definition) is 2. The summed E-state index contributed by atoms with van der Waals surface area (Å²) in [6.07, 6.45) is 4.45. The lowest BCUT2D eigenvalue weighted by Gasteiger charge is -2.27. The van der Waals surface area contributed by atoms with Gasteiger partial charge in [-0.15, -0.1) is 0 Å². The summed E-state index contributed by atoms with van der Waals surface area (Å²) < 4.78 is 23.6. The summed E-state index contributed by atoms with van der Waals surface area (Å²) in [4.78, 5) is 14.3. The molecular weight excluding hydrogens is 316 g/mol. The molecular formula is C15H22N4O3S. The smallest absolute Gasteiger partial charge is 0.317 e. The molecule has 0 aromatic carbocycles. The minimum Gasteiger partial charge on any atom is -0.335 e. The standard InChI is InChI=1S/C15H22N4O3S/c1-15-8-19(6-11(15)7-23(21,22)9-15)14(20)17-12-2-3-13-10(4-12)5-16-18-13/h5,11-12H,2-4,6-9H2,1H3,(H,16,18)(H,17,20)/t11-,12?,15+/m0/s1. The number of aryl methyl sites for hydroxylation is 1. The Kier molecular flexibility index (Phi) is 3.23. The molecule has 0 spiro atoms. The van der Waals surface area contributed by atoms with Crippen molar-refractivity contribution in [1.29, 1.82) is 0 Å². The SMILES string of the molecule is C[C@]12CN(C(=O)NC3CCc4[nH]ncc4C3)C[C@H]1CS(=O)(=O)C2. The summed E-state index contributed by atoms with van der Waals surface area (Å²) in [6.45, 7) is 3.07. The summed E-state index contributed by atoms with van der Waals surface area (Å²) in [5.74, 6) is 0.496. The number of urea groups is 1. The van der Waals surface area contributed by atoms with E-state index in [9.17, 15) is 13.2 Å².